The van der Waals surface area contributed by atoms with Crippen LogP contribution in [0.15, 0.2) is 0 Å². The molecule has 130 valence electrons. The molecular weight excluding hydrogens is 298 g/mol. The fraction of sp³-hybridized carbons (Fsp3) is 0.812. The third-order valence-electron chi connectivity index (χ3n) is 4.97. The molecule has 2 rings (SSSR count). The van der Waals surface area contributed by atoms with Crippen LogP contribution >= 0.6 is 0 Å². The zero-order valence-electron chi connectivity index (χ0n) is 13.9. The minimum absolute atomic E-state index is 0.0319. The number of hydrogen-bond acceptors (Lipinski definition) is 4. The average molecular weight is 325 g/mol. The molecule has 0 bridgehead atoms. The molecule has 0 aromatic heterocycles. The van der Waals surface area contributed by atoms with Crippen molar-refractivity contribution in [2.45, 2.75) is 64.1 Å². The lowest BCUT2D eigenvalue weighted by atomic mass is 9.98. The Morgan fingerprint density at radius 1 is 1.30 bits per heavy atom. The van der Waals surface area contributed by atoms with Crippen molar-refractivity contribution in [3.63, 3.8) is 0 Å². The van der Waals surface area contributed by atoms with Gasteiger partial charge < -0.3 is 20.6 Å². The van der Waals surface area contributed by atoms with E-state index in [0.717, 1.165) is 25.8 Å². The van der Waals surface area contributed by atoms with E-state index in [1.807, 2.05) is 6.92 Å². The number of carboxylic acids is 1. The lowest BCUT2D eigenvalue weighted by molar-refractivity contribution is -0.145. The number of hydrogen-bond donors (Lipinski definition) is 3. The number of carbonyl (C=O) groups excluding carboxylic acids is 2. The van der Waals surface area contributed by atoms with Crippen molar-refractivity contribution in [2.75, 3.05) is 13.1 Å². The minimum Gasteiger partial charge on any atom is -0.480 e. The van der Waals surface area contributed by atoms with Crippen LogP contribution in [0.5, 0.6) is 0 Å². The first-order valence-electron chi connectivity index (χ1n) is 8.52. The summed E-state index contributed by atoms with van der Waals surface area (Å²) in [5, 5.41) is 15.1. The van der Waals surface area contributed by atoms with Crippen LogP contribution in [0.1, 0.15) is 46.0 Å². The van der Waals surface area contributed by atoms with Gasteiger partial charge >= 0.3 is 5.97 Å². The molecule has 2 unspecified atom stereocenters. The van der Waals surface area contributed by atoms with E-state index in [4.69, 9.17) is 0 Å². The summed E-state index contributed by atoms with van der Waals surface area (Å²) in [6.07, 6.45) is 3.80. The molecule has 2 heterocycles. The van der Waals surface area contributed by atoms with Gasteiger partial charge in [0.05, 0.1) is 6.04 Å². The van der Waals surface area contributed by atoms with E-state index in [-0.39, 0.29) is 23.8 Å². The maximum Gasteiger partial charge on any atom is 0.326 e. The Balaban J connectivity index is 2.02. The largest absolute Gasteiger partial charge is 0.480 e. The van der Waals surface area contributed by atoms with Crippen LogP contribution in [0.4, 0.5) is 0 Å². The number of nitrogens with zero attached hydrogens (tertiary/aromatic N) is 1. The number of carboxylic acid groups (broad SMARTS) is 1. The molecule has 0 radical (unpaired) electrons. The van der Waals surface area contributed by atoms with Crippen molar-refractivity contribution in [3.8, 4) is 0 Å². The molecule has 2 fully saturated rings. The summed E-state index contributed by atoms with van der Waals surface area (Å²) in [5.74, 6) is -1.56. The summed E-state index contributed by atoms with van der Waals surface area (Å²) < 4.78 is 0. The highest BCUT2D eigenvalue weighted by Gasteiger charge is 2.39. The predicted molar refractivity (Wildman–Crippen MR) is 84.8 cm³/mol. The van der Waals surface area contributed by atoms with Crippen LogP contribution in [0.3, 0.4) is 0 Å². The maximum absolute atomic E-state index is 12.5. The maximum atomic E-state index is 12.5. The van der Waals surface area contributed by atoms with Gasteiger partial charge in [-0.15, -0.1) is 0 Å². The number of likely N-dealkylation sites (tertiary alicyclic amines) is 1. The highest BCUT2D eigenvalue weighted by Crippen LogP contribution is 2.21. The molecule has 0 aromatic carbocycles. The summed E-state index contributed by atoms with van der Waals surface area (Å²) in [5.41, 5.74) is 0. The predicted octanol–water partition coefficient (Wildman–Crippen LogP) is 0.345. The van der Waals surface area contributed by atoms with Crippen LogP contribution in [0.25, 0.3) is 0 Å². The fourth-order valence-electron chi connectivity index (χ4n) is 3.33. The summed E-state index contributed by atoms with van der Waals surface area (Å²) in [6.45, 7) is 5.09. The Bertz CT molecular complexity index is 462. The van der Waals surface area contributed by atoms with Crippen molar-refractivity contribution in [1.82, 2.24) is 15.5 Å². The first-order valence-corrected chi connectivity index (χ1v) is 8.52. The van der Waals surface area contributed by atoms with Crippen molar-refractivity contribution >= 4 is 17.8 Å². The summed E-state index contributed by atoms with van der Waals surface area (Å²) in [4.78, 5) is 38.0. The lowest BCUT2D eigenvalue weighted by Gasteiger charge is -2.28. The van der Waals surface area contributed by atoms with Crippen LogP contribution in [0.2, 0.25) is 0 Å². The molecule has 0 saturated carbocycles. The van der Waals surface area contributed by atoms with Gasteiger partial charge in [0.15, 0.2) is 0 Å². The zero-order valence-corrected chi connectivity index (χ0v) is 13.9. The highest BCUT2D eigenvalue weighted by molar-refractivity contribution is 5.92. The number of rotatable bonds is 6. The van der Waals surface area contributed by atoms with E-state index >= 15 is 0 Å². The van der Waals surface area contributed by atoms with Crippen molar-refractivity contribution < 1.29 is 19.5 Å². The Morgan fingerprint density at radius 3 is 2.61 bits per heavy atom. The molecule has 2 saturated heterocycles. The second-order valence-electron chi connectivity index (χ2n) is 6.55. The molecule has 0 spiro atoms. The SMILES string of the molecule is CCC(C)C(NC(=O)[C@@H]1CCCN1C(=O)[C@@H]1CCCN1)C(=O)O. The van der Waals surface area contributed by atoms with Crippen LogP contribution in [-0.4, -0.2) is 59.0 Å². The number of nitrogens with one attached hydrogen (secondary N) is 2. The van der Waals surface area contributed by atoms with Gasteiger partial charge in [0.25, 0.3) is 0 Å². The third kappa shape index (κ3) is 4.02. The Labute approximate surface area is 136 Å². The second-order valence-corrected chi connectivity index (χ2v) is 6.55. The van der Waals surface area contributed by atoms with E-state index in [2.05, 4.69) is 10.6 Å². The molecule has 0 aromatic rings. The highest BCUT2D eigenvalue weighted by atomic mass is 16.4. The van der Waals surface area contributed by atoms with Gasteiger partial charge in [-0.1, -0.05) is 20.3 Å². The normalized spacial score (nSPS) is 26.8. The van der Waals surface area contributed by atoms with E-state index in [9.17, 15) is 19.5 Å². The van der Waals surface area contributed by atoms with Crippen LogP contribution < -0.4 is 10.6 Å². The van der Waals surface area contributed by atoms with E-state index in [1.165, 1.54) is 0 Å². The van der Waals surface area contributed by atoms with E-state index < -0.39 is 18.1 Å². The standard InChI is InChI=1S/C16H27N3O4/c1-3-10(2)13(16(22)23)18-14(20)12-7-5-9-19(12)15(21)11-6-4-8-17-11/h10-13,17H,3-9H2,1-2H3,(H,18,20)(H,22,23)/t10?,11-,12-,13?/m0/s1. The number of aliphatic carboxylic acids is 1. The summed E-state index contributed by atoms with van der Waals surface area (Å²) in [6, 6.07) is -1.65. The van der Waals surface area contributed by atoms with E-state index in [0.29, 0.717) is 19.4 Å². The number of carbonyl (C=O) groups is 3. The summed E-state index contributed by atoms with van der Waals surface area (Å²) in [7, 11) is 0. The smallest absolute Gasteiger partial charge is 0.326 e. The fourth-order valence-corrected chi connectivity index (χ4v) is 3.33. The van der Waals surface area contributed by atoms with Crippen molar-refractivity contribution in [2.24, 2.45) is 5.92 Å². The number of amides is 2. The molecule has 2 aliphatic heterocycles. The summed E-state index contributed by atoms with van der Waals surface area (Å²) >= 11 is 0. The van der Waals surface area contributed by atoms with Crippen molar-refractivity contribution in [3.05, 3.63) is 0 Å². The Kier molecular flexibility index (Phi) is 5.98. The molecule has 3 N–H and O–H groups in total. The molecule has 7 heteroatoms. The van der Waals surface area contributed by atoms with Gasteiger partial charge in [-0.3, -0.25) is 9.59 Å². The van der Waals surface area contributed by atoms with Gasteiger partial charge in [-0.2, -0.15) is 0 Å². The Hall–Kier alpha value is -1.63. The van der Waals surface area contributed by atoms with Gasteiger partial charge in [-0.05, 0) is 38.1 Å². The van der Waals surface area contributed by atoms with Gasteiger partial charge in [0.1, 0.15) is 12.1 Å². The topological polar surface area (TPSA) is 98.7 Å². The van der Waals surface area contributed by atoms with Crippen LogP contribution in [-0.2, 0) is 14.4 Å². The van der Waals surface area contributed by atoms with Gasteiger partial charge in [0.2, 0.25) is 11.8 Å². The molecule has 2 amide bonds. The second kappa shape index (κ2) is 7.77. The molecule has 0 aliphatic carbocycles. The molecule has 7 nitrogen and oxygen atoms in total. The monoisotopic (exact) mass is 325 g/mol. The molecule has 2 aliphatic rings. The van der Waals surface area contributed by atoms with Crippen LogP contribution in [0, 0.1) is 5.92 Å². The first-order chi connectivity index (χ1) is 11.0. The quantitative estimate of drug-likeness (QED) is 0.654. The van der Waals surface area contributed by atoms with Gasteiger partial charge in [-0.25, -0.2) is 4.79 Å². The first kappa shape index (κ1) is 17.7. The zero-order chi connectivity index (χ0) is 17.0. The van der Waals surface area contributed by atoms with Gasteiger partial charge in [0, 0.05) is 6.54 Å². The lowest BCUT2D eigenvalue weighted by Crippen LogP contribution is -2.54. The minimum atomic E-state index is -1.03. The third-order valence-corrected chi connectivity index (χ3v) is 4.97. The molecular formula is C16H27N3O4. The van der Waals surface area contributed by atoms with E-state index in [1.54, 1.807) is 11.8 Å². The average Bonchev–Trinajstić information content (AvgIpc) is 3.21. The molecule has 23 heavy (non-hydrogen) atoms. The van der Waals surface area contributed by atoms with Crippen molar-refractivity contribution in [1.29, 1.82) is 0 Å². The Morgan fingerprint density at radius 2 is 2.04 bits per heavy atom. The molecule has 4 atom stereocenters.